The minimum Gasteiger partial charge on any atom is -0.490 e. The predicted octanol–water partition coefficient (Wildman–Crippen LogP) is 2.60. The molecule has 21 heavy (non-hydrogen) atoms. The van der Waals surface area contributed by atoms with Crippen molar-refractivity contribution in [3.63, 3.8) is 0 Å². The summed E-state index contributed by atoms with van der Waals surface area (Å²) in [5.74, 6) is 0.886. The summed E-state index contributed by atoms with van der Waals surface area (Å²) in [6, 6.07) is 7.77. The van der Waals surface area contributed by atoms with Crippen LogP contribution in [-0.4, -0.2) is 36.5 Å². The zero-order chi connectivity index (χ0) is 15.9. The van der Waals surface area contributed by atoms with E-state index in [2.05, 4.69) is 11.9 Å². The molecule has 0 aliphatic rings. The van der Waals surface area contributed by atoms with E-state index in [-0.39, 0.29) is 5.91 Å². The average Bonchev–Trinajstić information content (AvgIpc) is 2.45. The maximum Gasteiger partial charge on any atom is 0.242 e. The van der Waals surface area contributed by atoms with Crippen LogP contribution in [0.15, 0.2) is 36.9 Å². The standard InChI is InChI=1S/C17H26N2O2/c1-6-12-21-15-10-8-14(9-11-15)13-19(5)16(20)17(3,4)18-7-2/h6,8-11,18H,1,7,12-13H2,2-5H3. The molecule has 1 N–H and O–H groups in total. The van der Waals surface area contributed by atoms with Crippen molar-refractivity contribution in [3.05, 3.63) is 42.5 Å². The third kappa shape index (κ3) is 5.23. The van der Waals surface area contributed by atoms with Crippen LogP contribution in [0, 0.1) is 0 Å². The zero-order valence-corrected chi connectivity index (χ0v) is 13.5. The van der Waals surface area contributed by atoms with Crippen LogP contribution in [0.25, 0.3) is 0 Å². The molecule has 0 aliphatic heterocycles. The molecule has 116 valence electrons. The molecular formula is C17H26N2O2. The number of nitrogens with zero attached hydrogens (tertiary/aromatic N) is 1. The van der Waals surface area contributed by atoms with Gasteiger partial charge in [-0.25, -0.2) is 0 Å². The summed E-state index contributed by atoms with van der Waals surface area (Å²) in [7, 11) is 1.82. The molecule has 4 heteroatoms. The Balaban J connectivity index is 2.63. The Morgan fingerprint density at radius 2 is 2.00 bits per heavy atom. The highest BCUT2D eigenvalue weighted by atomic mass is 16.5. The van der Waals surface area contributed by atoms with E-state index in [0.717, 1.165) is 17.9 Å². The number of amides is 1. The van der Waals surface area contributed by atoms with Gasteiger partial charge in [0.25, 0.3) is 0 Å². The highest BCUT2D eigenvalue weighted by Crippen LogP contribution is 2.15. The van der Waals surface area contributed by atoms with E-state index in [1.165, 1.54) is 0 Å². The number of ether oxygens (including phenoxy) is 1. The fourth-order valence-electron chi connectivity index (χ4n) is 2.19. The maximum atomic E-state index is 12.4. The predicted molar refractivity (Wildman–Crippen MR) is 86.4 cm³/mol. The van der Waals surface area contributed by atoms with Crippen molar-refractivity contribution in [1.29, 1.82) is 0 Å². The number of rotatable bonds is 8. The summed E-state index contributed by atoms with van der Waals surface area (Å²) < 4.78 is 5.44. The van der Waals surface area contributed by atoms with Crippen molar-refractivity contribution in [2.45, 2.75) is 32.9 Å². The van der Waals surface area contributed by atoms with E-state index in [9.17, 15) is 4.79 Å². The van der Waals surface area contributed by atoms with Gasteiger partial charge in [0.1, 0.15) is 12.4 Å². The smallest absolute Gasteiger partial charge is 0.242 e. The van der Waals surface area contributed by atoms with Gasteiger partial charge in [0.15, 0.2) is 0 Å². The van der Waals surface area contributed by atoms with Crippen LogP contribution in [0.4, 0.5) is 0 Å². The van der Waals surface area contributed by atoms with Crippen molar-refractivity contribution in [3.8, 4) is 5.75 Å². The molecule has 0 saturated carbocycles. The van der Waals surface area contributed by atoms with Crippen LogP contribution >= 0.6 is 0 Å². The van der Waals surface area contributed by atoms with Crippen LogP contribution < -0.4 is 10.1 Å². The Labute approximate surface area is 127 Å². The summed E-state index contributed by atoms with van der Waals surface area (Å²) in [4.78, 5) is 14.1. The second kappa shape index (κ2) is 7.84. The lowest BCUT2D eigenvalue weighted by Crippen LogP contribution is -2.52. The van der Waals surface area contributed by atoms with Gasteiger partial charge in [0.05, 0.1) is 5.54 Å². The summed E-state index contributed by atoms with van der Waals surface area (Å²) >= 11 is 0. The first-order valence-corrected chi connectivity index (χ1v) is 7.24. The SMILES string of the molecule is C=CCOc1ccc(CN(C)C(=O)C(C)(C)NCC)cc1. The van der Waals surface area contributed by atoms with Crippen molar-refractivity contribution in [1.82, 2.24) is 10.2 Å². The van der Waals surface area contributed by atoms with Gasteiger partial charge in [-0.2, -0.15) is 0 Å². The van der Waals surface area contributed by atoms with E-state index in [4.69, 9.17) is 4.74 Å². The first-order valence-electron chi connectivity index (χ1n) is 7.24. The average molecular weight is 290 g/mol. The van der Waals surface area contributed by atoms with Gasteiger partial charge in [0.2, 0.25) is 5.91 Å². The molecule has 0 heterocycles. The summed E-state index contributed by atoms with van der Waals surface area (Å²) in [6.45, 7) is 11.3. The minimum absolute atomic E-state index is 0.0799. The number of hydrogen-bond donors (Lipinski definition) is 1. The molecule has 1 aromatic rings. The first-order chi connectivity index (χ1) is 9.90. The van der Waals surface area contributed by atoms with Gasteiger partial charge in [0, 0.05) is 13.6 Å². The van der Waals surface area contributed by atoms with E-state index < -0.39 is 5.54 Å². The third-order valence-electron chi connectivity index (χ3n) is 3.21. The molecule has 0 aromatic heterocycles. The van der Waals surface area contributed by atoms with E-state index in [0.29, 0.717) is 13.2 Å². The number of likely N-dealkylation sites (N-methyl/N-ethyl adjacent to an activating group) is 2. The van der Waals surface area contributed by atoms with Gasteiger partial charge in [-0.05, 0) is 38.1 Å². The van der Waals surface area contributed by atoms with Crippen LogP contribution in [0.3, 0.4) is 0 Å². The Morgan fingerprint density at radius 1 is 1.38 bits per heavy atom. The van der Waals surface area contributed by atoms with Gasteiger partial charge >= 0.3 is 0 Å². The monoisotopic (exact) mass is 290 g/mol. The molecule has 1 amide bonds. The van der Waals surface area contributed by atoms with E-state index >= 15 is 0 Å². The fraction of sp³-hybridized carbons (Fsp3) is 0.471. The number of hydrogen-bond acceptors (Lipinski definition) is 3. The van der Waals surface area contributed by atoms with Crippen molar-refractivity contribution in [2.24, 2.45) is 0 Å². The van der Waals surface area contributed by atoms with Crippen molar-refractivity contribution in [2.75, 3.05) is 20.2 Å². The summed E-state index contributed by atoms with van der Waals surface area (Å²) in [5.41, 5.74) is 0.528. The van der Waals surface area contributed by atoms with Gasteiger partial charge in [-0.15, -0.1) is 0 Å². The Kier molecular flexibility index (Phi) is 6.43. The maximum absolute atomic E-state index is 12.4. The summed E-state index contributed by atoms with van der Waals surface area (Å²) in [5, 5.41) is 3.20. The molecular weight excluding hydrogens is 264 g/mol. The summed E-state index contributed by atoms with van der Waals surface area (Å²) in [6.07, 6.45) is 1.71. The molecule has 0 spiro atoms. The Bertz CT molecular complexity index is 466. The molecule has 0 saturated heterocycles. The lowest BCUT2D eigenvalue weighted by Gasteiger charge is -2.30. The Hall–Kier alpha value is -1.81. The zero-order valence-electron chi connectivity index (χ0n) is 13.5. The third-order valence-corrected chi connectivity index (χ3v) is 3.21. The molecule has 0 bridgehead atoms. The molecule has 0 unspecified atom stereocenters. The van der Waals surface area contributed by atoms with E-state index in [1.54, 1.807) is 11.0 Å². The number of nitrogens with one attached hydrogen (secondary N) is 1. The molecule has 0 aliphatic carbocycles. The normalized spacial score (nSPS) is 11.0. The lowest BCUT2D eigenvalue weighted by molar-refractivity contribution is -0.136. The molecule has 1 rings (SSSR count). The van der Waals surface area contributed by atoms with Gasteiger partial charge in [-0.1, -0.05) is 31.7 Å². The topological polar surface area (TPSA) is 41.6 Å². The lowest BCUT2D eigenvalue weighted by atomic mass is 10.0. The van der Waals surface area contributed by atoms with Crippen LogP contribution in [0.5, 0.6) is 5.75 Å². The number of benzene rings is 1. The first kappa shape index (κ1) is 17.2. The molecule has 0 radical (unpaired) electrons. The molecule has 4 nitrogen and oxygen atoms in total. The number of carbonyl (C=O) groups is 1. The number of carbonyl (C=O) groups excluding carboxylic acids is 1. The molecule has 0 fully saturated rings. The van der Waals surface area contributed by atoms with Crippen LogP contribution in [0.1, 0.15) is 26.3 Å². The highest BCUT2D eigenvalue weighted by Gasteiger charge is 2.29. The van der Waals surface area contributed by atoms with Gasteiger partial charge < -0.3 is 15.0 Å². The van der Waals surface area contributed by atoms with Crippen molar-refractivity contribution >= 4 is 5.91 Å². The minimum atomic E-state index is -0.545. The molecule has 0 atom stereocenters. The highest BCUT2D eigenvalue weighted by molar-refractivity contribution is 5.85. The second-order valence-electron chi connectivity index (χ2n) is 5.56. The quantitative estimate of drug-likeness (QED) is 0.748. The van der Waals surface area contributed by atoms with Crippen LogP contribution in [0.2, 0.25) is 0 Å². The van der Waals surface area contributed by atoms with Crippen LogP contribution in [-0.2, 0) is 11.3 Å². The van der Waals surface area contributed by atoms with Gasteiger partial charge in [-0.3, -0.25) is 4.79 Å². The molecule has 1 aromatic carbocycles. The van der Waals surface area contributed by atoms with E-state index in [1.807, 2.05) is 52.1 Å². The largest absolute Gasteiger partial charge is 0.490 e. The fourth-order valence-corrected chi connectivity index (χ4v) is 2.19. The Morgan fingerprint density at radius 3 is 2.52 bits per heavy atom. The second-order valence-corrected chi connectivity index (χ2v) is 5.56. The van der Waals surface area contributed by atoms with Crippen molar-refractivity contribution < 1.29 is 9.53 Å².